The summed E-state index contributed by atoms with van der Waals surface area (Å²) < 4.78 is 22.7. The van der Waals surface area contributed by atoms with E-state index in [1.54, 1.807) is 18.2 Å². The first-order chi connectivity index (χ1) is 7.00. The van der Waals surface area contributed by atoms with Crippen molar-refractivity contribution < 1.29 is 8.42 Å². The Morgan fingerprint density at radius 3 is 2.60 bits per heavy atom. The highest BCUT2D eigenvalue weighted by Crippen LogP contribution is 2.03. The lowest BCUT2D eigenvalue weighted by atomic mass is 10.2. The van der Waals surface area contributed by atoms with Gasteiger partial charge in [0.15, 0.2) is 0 Å². The zero-order chi connectivity index (χ0) is 11.1. The molecule has 78 valence electrons. The molecule has 7 heteroatoms. The normalized spacial score (nSPS) is 11.8. The van der Waals surface area contributed by atoms with E-state index >= 15 is 0 Å². The summed E-state index contributed by atoms with van der Waals surface area (Å²) in [5, 5.41) is 7.22. The molecule has 15 heavy (non-hydrogen) atoms. The van der Waals surface area contributed by atoms with Gasteiger partial charge in [0.05, 0.1) is 11.6 Å². The van der Waals surface area contributed by atoms with Gasteiger partial charge < -0.3 is 0 Å². The SMILES string of the molecule is CS(=O)(=O)n1nnc2ccccc2c1=O. The summed E-state index contributed by atoms with van der Waals surface area (Å²) in [6, 6.07) is 6.43. The first-order valence-electron chi connectivity index (χ1n) is 4.05. The summed E-state index contributed by atoms with van der Waals surface area (Å²) in [4.78, 5) is 11.7. The molecule has 0 aliphatic heterocycles. The van der Waals surface area contributed by atoms with Crippen LogP contribution in [0.3, 0.4) is 0 Å². The molecule has 6 nitrogen and oxygen atoms in total. The standard InChI is InChI=1S/C8H7N3O3S/c1-15(13,14)11-8(12)6-4-2-3-5-7(6)9-10-11/h2-5H,1H3. The van der Waals surface area contributed by atoms with Gasteiger partial charge in [0.2, 0.25) is 0 Å². The van der Waals surface area contributed by atoms with Crippen molar-refractivity contribution in [1.82, 2.24) is 14.4 Å². The molecule has 0 aliphatic rings. The van der Waals surface area contributed by atoms with Crippen molar-refractivity contribution in [3.05, 3.63) is 34.6 Å². The van der Waals surface area contributed by atoms with E-state index in [4.69, 9.17) is 0 Å². The molecule has 0 saturated heterocycles. The first-order valence-corrected chi connectivity index (χ1v) is 5.90. The van der Waals surface area contributed by atoms with Crippen LogP contribution in [0, 0.1) is 0 Å². The highest BCUT2D eigenvalue weighted by molar-refractivity contribution is 7.89. The lowest BCUT2D eigenvalue weighted by molar-refractivity contribution is 0.577. The molecule has 1 aromatic heterocycles. The predicted octanol–water partition coefficient (Wildman–Crippen LogP) is -0.401. The Hall–Kier alpha value is -1.76. The van der Waals surface area contributed by atoms with Crippen molar-refractivity contribution in [2.75, 3.05) is 6.26 Å². The van der Waals surface area contributed by atoms with Crippen molar-refractivity contribution >= 4 is 20.9 Å². The molecule has 0 atom stereocenters. The molecule has 0 N–H and O–H groups in total. The van der Waals surface area contributed by atoms with E-state index in [-0.39, 0.29) is 5.39 Å². The molecule has 0 saturated carbocycles. The van der Waals surface area contributed by atoms with E-state index in [0.717, 1.165) is 6.26 Å². The van der Waals surface area contributed by atoms with Crippen molar-refractivity contribution in [1.29, 1.82) is 0 Å². The smallest absolute Gasteiger partial charge is 0.266 e. The Kier molecular flexibility index (Phi) is 2.04. The third-order valence-electron chi connectivity index (χ3n) is 1.86. The van der Waals surface area contributed by atoms with Crippen LogP contribution in [-0.2, 0) is 10.0 Å². The zero-order valence-corrected chi connectivity index (χ0v) is 8.60. The molecule has 0 radical (unpaired) electrons. The third-order valence-corrected chi connectivity index (χ3v) is 2.72. The summed E-state index contributed by atoms with van der Waals surface area (Å²) in [6.45, 7) is 0. The van der Waals surface area contributed by atoms with Gasteiger partial charge in [-0.2, -0.15) is 0 Å². The van der Waals surface area contributed by atoms with Gasteiger partial charge in [-0.1, -0.05) is 16.2 Å². The summed E-state index contributed by atoms with van der Waals surface area (Å²) in [6.07, 6.45) is 0.901. The second-order valence-electron chi connectivity index (χ2n) is 3.02. The van der Waals surface area contributed by atoms with Crippen LogP contribution < -0.4 is 5.56 Å². The van der Waals surface area contributed by atoms with Gasteiger partial charge in [0.25, 0.3) is 15.6 Å². The first kappa shape index (κ1) is 9.78. The van der Waals surface area contributed by atoms with Crippen LogP contribution in [0.25, 0.3) is 10.9 Å². The fourth-order valence-electron chi connectivity index (χ4n) is 1.19. The van der Waals surface area contributed by atoms with Gasteiger partial charge in [-0.25, -0.2) is 8.42 Å². The van der Waals surface area contributed by atoms with Gasteiger partial charge in [0, 0.05) is 0 Å². The number of fused-ring (bicyclic) bond motifs is 1. The summed E-state index contributed by atoms with van der Waals surface area (Å²) >= 11 is 0. The lowest BCUT2D eigenvalue weighted by Gasteiger charge is -2.00. The van der Waals surface area contributed by atoms with E-state index in [9.17, 15) is 13.2 Å². The molecule has 0 aliphatic carbocycles. The van der Waals surface area contributed by atoms with Gasteiger partial charge in [-0.15, -0.1) is 5.10 Å². The fraction of sp³-hybridized carbons (Fsp3) is 0.125. The molecular formula is C8H7N3O3S. The number of nitrogens with zero attached hydrogens (tertiary/aromatic N) is 3. The van der Waals surface area contributed by atoms with Crippen LogP contribution in [0.2, 0.25) is 0 Å². The number of aromatic nitrogens is 3. The van der Waals surface area contributed by atoms with Crippen molar-refractivity contribution in [3.63, 3.8) is 0 Å². The molecule has 2 aromatic rings. The molecule has 1 aromatic carbocycles. The minimum Gasteiger partial charge on any atom is -0.266 e. The Bertz CT molecular complexity index is 675. The molecule has 0 amide bonds. The molecule has 0 spiro atoms. The third kappa shape index (κ3) is 1.61. The largest absolute Gasteiger partial charge is 0.292 e. The second-order valence-corrected chi connectivity index (χ2v) is 4.83. The Balaban J connectivity index is 2.95. The maximum Gasteiger partial charge on any atom is 0.292 e. The predicted molar refractivity (Wildman–Crippen MR) is 54.0 cm³/mol. The summed E-state index contributed by atoms with van der Waals surface area (Å²) in [5.41, 5.74) is -0.300. The number of hydrogen-bond acceptors (Lipinski definition) is 5. The fourth-order valence-corrected chi connectivity index (χ4v) is 1.76. The molecule has 0 bridgehead atoms. The highest BCUT2D eigenvalue weighted by Gasteiger charge is 2.12. The number of hydrogen-bond donors (Lipinski definition) is 0. The van der Waals surface area contributed by atoms with Gasteiger partial charge in [-0.3, -0.25) is 4.79 Å². The van der Waals surface area contributed by atoms with E-state index in [2.05, 4.69) is 10.3 Å². The van der Waals surface area contributed by atoms with E-state index in [0.29, 0.717) is 9.60 Å². The monoisotopic (exact) mass is 225 g/mol. The average Bonchev–Trinajstić information content (AvgIpc) is 2.16. The topological polar surface area (TPSA) is 81.9 Å². The zero-order valence-electron chi connectivity index (χ0n) is 7.78. The maximum atomic E-state index is 11.7. The van der Waals surface area contributed by atoms with Crippen molar-refractivity contribution in [2.24, 2.45) is 0 Å². The van der Waals surface area contributed by atoms with Crippen LogP contribution in [0.15, 0.2) is 29.1 Å². The summed E-state index contributed by atoms with van der Waals surface area (Å²) in [5.74, 6) is 0. The Morgan fingerprint density at radius 2 is 1.93 bits per heavy atom. The second kappa shape index (κ2) is 3.13. The van der Waals surface area contributed by atoms with Crippen molar-refractivity contribution in [3.8, 4) is 0 Å². The van der Waals surface area contributed by atoms with Gasteiger partial charge >= 0.3 is 0 Å². The van der Waals surface area contributed by atoms with Crippen LogP contribution in [0.4, 0.5) is 0 Å². The van der Waals surface area contributed by atoms with Crippen LogP contribution >= 0.6 is 0 Å². The van der Waals surface area contributed by atoms with Gasteiger partial charge in [-0.05, 0) is 17.3 Å². The van der Waals surface area contributed by atoms with Crippen LogP contribution in [-0.4, -0.2) is 29.1 Å². The van der Waals surface area contributed by atoms with E-state index < -0.39 is 15.6 Å². The van der Waals surface area contributed by atoms with Gasteiger partial charge in [0.1, 0.15) is 5.52 Å². The minimum atomic E-state index is -3.69. The van der Waals surface area contributed by atoms with Crippen LogP contribution in [0.5, 0.6) is 0 Å². The number of benzene rings is 1. The maximum absolute atomic E-state index is 11.7. The quantitative estimate of drug-likeness (QED) is 0.659. The summed E-state index contributed by atoms with van der Waals surface area (Å²) in [7, 11) is -3.69. The molecule has 0 unspecified atom stereocenters. The number of rotatable bonds is 1. The molecule has 1 heterocycles. The lowest BCUT2D eigenvalue weighted by Crippen LogP contribution is -2.29. The molecule has 2 rings (SSSR count). The minimum absolute atomic E-state index is 0.234. The highest BCUT2D eigenvalue weighted by atomic mass is 32.2. The Morgan fingerprint density at radius 1 is 1.27 bits per heavy atom. The average molecular weight is 225 g/mol. The van der Waals surface area contributed by atoms with Crippen LogP contribution in [0.1, 0.15) is 0 Å². The van der Waals surface area contributed by atoms with Crippen molar-refractivity contribution in [2.45, 2.75) is 0 Å². The van der Waals surface area contributed by atoms with E-state index in [1.807, 2.05) is 0 Å². The molecular weight excluding hydrogens is 218 g/mol. The Labute approximate surface area is 85.2 Å². The van der Waals surface area contributed by atoms with E-state index in [1.165, 1.54) is 6.07 Å². The molecule has 0 fully saturated rings.